The van der Waals surface area contributed by atoms with Crippen LogP contribution in [0.4, 0.5) is 8.78 Å². The summed E-state index contributed by atoms with van der Waals surface area (Å²) in [6.07, 6.45) is 0.101. The molecule has 0 saturated heterocycles. The normalized spacial score (nSPS) is 21.2. The zero-order valence-corrected chi connectivity index (χ0v) is 8.29. The highest BCUT2D eigenvalue weighted by atomic mass is 19.3. The molecule has 82 valence electrons. The van der Waals surface area contributed by atoms with Crippen LogP contribution < -0.4 is 0 Å². The number of aliphatic hydroxyl groups is 1. The molecule has 1 aliphatic rings. The standard InChI is InChI=1S/C11H13F2NO/c12-11(13)8-6-5-7-3-1-2-4-9(15)10(7)14-8/h5-6,9,11,15H,1-4H2. The number of aryl methyl sites for hydroxylation is 1. The number of halogens is 2. The number of pyridine rings is 1. The second kappa shape index (κ2) is 4.23. The van der Waals surface area contributed by atoms with Crippen LogP contribution in [-0.4, -0.2) is 10.1 Å². The Kier molecular flexibility index (Phi) is 2.95. The van der Waals surface area contributed by atoms with Gasteiger partial charge in [0, 0.05) is 0 Å². The van der Waals surface area contributed by atoms with E-state index in [1.54, 1.807) is 6.07 Å². The van der Waals surface area contributed by atoms with Gasteiger partial charge >= 0.3 is 0 Å². The third kappa shape index (κ3) is 2.15. The molecule has 1 atom stereocenters. The fraction of sp³-hybridized carbons (Fsp3) is 0.545. The first kappa shape index (κ1) is 10.5. The van der Waals surface area contributed by atoms with E-state index in [0.29, 0.717) is 12.1 Å². The molecule has 0 amide bonds. The predicted octanol–water partition coefficient (Wildman–Crippen LogP) is 2.78. The van der Waals surface area contributed by atoms with Crippen molar-refractivity contribution < 1.29 is 13.9 Å². The molecule has 0 bridgehead atoms. The summed E-state index contributed by atoms with van der Waals surface area (Å²) in [5.41, 5.74) is 1.12. The van der Waals surface area contributed by atoms with Crippen LogP contribution in [0.5, 0.6) is 0 Å². The minimum absolute atomic E-state index is 0.241. The summed E-state index contributed by atoms with van der Waals surface area (Å²) in [5.74, 6) is 0. The summed E-state index contributed by atoms with van der Waals surface area (Å²) in [6, 6.07) is 3.01. The van der Waals surface area contributed by atoms with Gasteiger partial charge in [-0.3, -0.25) is 0 Å². The lowest BCUT2D eigenvalue weighted by atomic mass is 10.1. The Hall–Kier alpha value is -1.03. The molecule has 2 rings (SSSR count). The number of rotatable bonds is 1. The monoisotopic (exact) mass is 213 g/mol. The lowest BCUT2D eigenvalue weighted by Gasteiger charge is -2.11. The maximum absolute atomic E-state index is 12.4. The highest BCUT2D eigenvalue weighted by Crippen LogP contribution is 2.29. The smallest absolute Gasteiger partial charge is 0.280 e. The van der Waals surface area contributed by atoms with E-state index in [-0.39, 0.29) is 5.69 Å². The average Bonchev–Trinajstić information content (AvgIpc) is 2.40. The van der Waals surface area contributed by atoms with E-state index in [9.17, 15) is 13.9 Å². The number of nitrogens with zero attached hydrogens (tertiary/aromatic N) is 1. The summed E-state index contributed by atoms with van der Waals surface area (Å²) >= 11 is 0. The Morgan fingerprint density at radius 1 is 1.33 bits per heavy atom. The van der Waals surface area contributed by atoms with E-state index in [1.165, 1.54) is 6.07 Å². The second-order valence-corrected chi connectivity index (χ2v) is 3.84. The zero-order valence-electron chi connectivity index (χ0n) is 8.29. The van der Waals surface area contributed by atoms with Gasteiger partial charge in [0.05, 0.1) is 11.8 Å². The van der Waals surface area contributed by atoms with Gasteiger partial charge in [0.25, 0.3) is 6.43 Å². The Bertz CT molecular complexity index is 354. The molecule has 1 aromatic rings. The van der Waals surface area contributed by atoms with Crippen molar-refractivity contribution in [3.05, 3.63) is 29.1 Å². The van der Waals surface area contributed by atoms with E-state index in [0.717, 1.165) is 24.8 Å². The third-order valence-corrected chi connectivity index (χ3v) is 2.75. The number of hydrogen-bond donors (Lipinski definition) is 1. The van der Waals surface area contributed by atoms with Crippen molar-refractivity contribution in [3.63, 3.8) is 0 Å². The minimum Gasteiger partial charge on any atom is -0.387 e. The van der Waals surface area contributed by atoms with E-state index >= 15 is 0 Å². The van der Waals surface area contributed by atoms with Gasteiger partial charge in [-0.2, -0.15) is 0 Å². The van der Waals surface area contributed by atoms with Crippen LogP contribution in [0.2, 0.25) is 0 Å². The molecule has 1 heterocycles. The number of aromatic nitrogens is 1. The first-order chi connectivity index (χ1) is 7.18. The topological polar surface area (TPSA) is 33.1 Å². The molecule has 0 aliphatic heterocycles. The maximum Gasteiger partial charge on any atom is 0.280 e. The van der Waals surface area contributed by atoms with Gasteiger partial charge in [0.2, 0.25) is 0 Å². The van der Waals surface area contributed by atoms with E-state index in [4.69, 9.17) is 0 Å². The van der Waals surface area contributed by atoms with E-state index in [1.807, 2.05) is 0 Å². The van der Waals surface area contributed by atoms with Crippen LogP contribution in [0, 0.1) is 0 Å². The van der Waals surface area contributed by atoms with Gasteiger partial charge < -0.3 is 5.11 Å². The largest absolute Gasteiger partial charge is 0.387 e. The Labute approximate surface area is 87.0 Å². The summed E-state index contributed by atoms with van der Waals surface area (Å²) < 4.78 is 24.8. The highest BCUT2D eigenvalue weighted by Gasteiger charge is 2.20. The fourth-order valence-electron chi connectivity index (χ4n) is 1.93. The predicted molar refractivity (Wildman–Crippen MR) is 51.7 cm³/mol. The summed E-state index contributed by atoms with van der Waals surface area (Å²) in [7, 11) is 0. The van der Waals surface area contributed by atoms with Crippen molar-refractivity contribution in [2.45, 2.75) is 38.2 Å². The van der Waals surface area contributed by atoms with Crippen molar-refractivity contribution in [1.82, 2.24) is 4.98 Å². The third-order valence-electron chi connectivity index (χ3n) is 2.75. The molecule has 1 unspecified atom stereocenters. The Morgan fingerprint density at radius 3 is 2.87 bits per heavy atom. The van der Waals surface area contributed by atoms with Crippen LogP contribution in [0.1, 0.15) is 48.7 Å². The number of hydrogen-bond acceptors (Lipinski definition) is 2. The quantitative estimate of drug-likeness (QED) is 0.727. The van der Waals surface area contributed by atoms with Gasteiger partial charge in [-0.1, -0.05) is 12.5 Å². The summed E-state index contributed by atoms with van der Waals surface area (Å²) in [6.45, 7) is 0. The summed E-state index contributed by atoms with van der Waals surface area (Å²) in [5, 5.41) is 9.74. The van der Waals surface area contributed by atoms with Crippen LogP contribution in [0.15, 0.2) is 12.1 Å². The van der Waals surface area contributed by atoms with Crippen molar-refractivity contribution in [3.8, 4) is 0 Å². The van der Waals surface area contributed by atoms with Gasteiger partial charge in [0.15, 0.2) is 0 Å². The molecule has 1 N–H and O–H groups in total. The molecule has 0 saturated carbocycles. The summed E-state index contributed by atoms with van der Waals surface area (Å²) in [4.78, 5) is 3.85. The van der Waals surface area contributed by atoms with Crippen LogP contribution in [0.3, 0.4) is 0 Å². The molecule has 0 spiro atoms. The van der Waals surface area contributed by atoms with Gasteiger partial charge in [0.1, 0.15) is 5.69 Å². The van der Waals surface area contributed by atoms with Crippen LogP contribution >= 0.6 is 0 Å². The molecule has 4 heteroatoms. The minimum atomic E-state index is -2.56. The maximum atomic E-state index is 12.4. The van der Waals surface area contributed by atoms with Gasteiger partial charge in [-0.15, -0.1) is 0 Å². The van der Waals surface area contributed by atoms with Crippen LogP contribution in [-0.2, 0) is 6.42 Å². The highest BCUT2D eigenvalue weighted by molar-refractivity contribution is 5.26. The van der Waals surface area contributed by atoms with Gasteiger partial charge in [-0.25, -0.2) is 13.8 Å². The number of alkyl halides is 2. The first-order valence-corrected chi connectivity index (χ1v) is 5.14. The molecule has 2 nitrogen and oxygen atoms in total. The first-order valence-electron chi connectivity index (χ1n) is 5.14. The molecule has 1 aromatic heterocycles. The molecule has 0 fully saturated rings. The SMILES string of the molecule is OC1CCCCc2ccc(C(F)F)nc21. The second-order valence-electron chi connectivity index (χ2n) is 3.84. The van der Waals surface area contributed by atoms with Gasteiger partial charge in [-0.05, 0) is 30.9 Å². The lowest BCUT2D eigenvalue weighted by molar-refractivity contribution is 0.140. The lowest BCUT2D eigenvalue weighted by Crippen LogP contribution is -2.05. The number of aliphatic hydroxyl groups excluding tert-OH is 1. The van der Waals surface area contributed by atoms with Crippen molar-refractivity contribution in [2.75, 3.05) is 0 Å². The molecular formula is C11H13F2NO. The zero-order chi connectivity index (χ0) is 10.8. The molecule has 0 radical (unpaired) electrons. The van der Waals surface area contributed by atoms with Crippen molar-refractivity contribution in [2.24, 2.45) is 0 Å². The molecular weight excluding hydrogens is 200 g/mol. The Balaban J connectivity index is 2.39. The average molecular weight is 213 g/mol. The molecule has 1 aliphatic carbocycles. The molecule has 0 aromatic carbocycles. The van der Waals surface area contributed by atoms with E-state index < -0.39 is 12.5 Å². The van der Waals surface area contributed by atoms with Crippen molar-refractivity contribution >= 4 is 0 Å². The fourth-order valence-corrected chi connectivity index (χ4v) is 1.93. The van der Waals surface area contributed by atoms with Crippen LogP contribution in [0.25, 0.3) is 0 Å². The van der Waals surface area contributed by atoms with Crippen molar-refractivity contribution in [1.29, 1.82) is 0 Å². The van der Waals surface area contributed by atoms with E-state index in [2.05, 4.69) is 4.98 Å². The Morgan fingerprint density at radius 2 is 2.13 bits per heavy atom. The number of fused-ring (bicyclic) bond motifs is 1. The molecule has 15 heavy (non-hydrogen) atoms.